The van der Waals surface area contributed by atoms with Crippen molar-refractivity contribution >= 4 is 17.6 Å². The van der Waals surface area contributed by atoms with Crippen LogP contribution >= 0.6 is 0 Å². The van der Waals surface area contributed by atoms with E-state index in [0.29, 0.717) is 24.2 Å². The summed E-state index contributed by atoms with van der Waals surface area (Å²) in [5, 5.41) is 9.06. The monoisotopic (exact) mass is 248 g/mol. The number of carboxylic acid groups (broad SMARTS) is 1. The fourth-order valence-electron chi connectivity index (χ4n) is 2.24. The van der Waals surface area contributed by atoms with Crippen LogP contribution in [-0.2, 0) is 4.79 Å². The van der Waals surface area contributed by atoms with Gasteiger partial charge in [0.05, 0.1) is 0 Å². The Bertz CT molecular complexity index is 499. The Hall–Kier alpha value is -2.04. The third kappa shape index (κ3) is 2.16. The normalized spacial score (nSPS) is 18.9. The maximum absolute atomic E-state index is 12.2. The van der Waals surface area contributed by atoms with Gasteiger partial charge in [-0.3, -0.25) is 4.79 Å². The number of likely N-dealkylation sites (tertiary alicyclic amines) is 1. The van der Waals surface area contributed by atoms with Gasteiger partial charge in [0.1, 0.15) is 6.04 Å². The highest BCUT2D eigenvalue weighted by atomic mass is 16.4. The maximum atomic E-state index is 12.2. The van der Waals surface area contributed by atoms with Crippen molar-refractivity contribution in [3.05, 3.63) is 29.3 Å². The summed E-state index contributed by atoms with van der Waals surface area (Å²) in [5.74, 6) is -1.17. The zero-order valence-electron chi connectivity index (χ0n) is 10.2. The number of carbonyl (C=O) groups excluding carboxylic acids is 1. The average Bonchev–Trinajstić information content (AvgIpc) is 2.81. The van der Waals surface area contributed by atoms with Gasteiger partial charge >= 0.3 is 5.97 Å². The number of benzene rings is 1. The molecule has 1 heterocycles. The molecule has 0 aliphatic carbocycles. The number of nitrogen functional groups attached to an aromatic ring is 1. The van der Waals surface area contributed by atoms with E-state index >= 15 is 0 Å². The van der Waals surface area contributed by atoms with E-state index in [-0.39, 0.29) is 5.91 Å². The highest BCUT2D eigenvalue weighted by molar-refractivity contribution is 5.97. The van der Waals surface area contributed by atoms with Gasteiger partial charge in [-0.1, -0.05) is 0 Å². The molecule has 1 aliphatic rings. The first kappa shape index (κ1) is 12.4. The summed E-state index contributed by atoms with van der Waals surface area (Å²) < 4.78 is 0. The van der Waals surface area contributed by atoms with E-state index < -0.39 is 12.0 Å². The van der Waals surface area contributed by atoms with Gasteiger partial charge in [0.15, 0.2) is 0 Å². The third-order valence-corrected chi connectivity index (χ3v) is 3.32. The molecule has 3 N–H and O–H groups in total. The molecular weight excluding hydrogens is 232 g/mol. The molecule has 0 aromatic heterocycles. The molecule has 0 spiro atoms. The van der Waals surface area contributed by atoms with Crippen LogP contribution in [0.1, 0.15) is 28.8 Å². The van der Waals surface area contributed by atoms with E-state index in [9.17, 15) is 9.59 Å². The smallest absolute Gasteiger partial charge is 0.326 e. The molecule has 2 rings (SSSR count). The number of carbonyl (C=O) groups is 2. The molecule has 1 saturated heterocycles. The molecule has 5 nitrogen and oxygen atoms in total. The topological polar surface area (TPSA) is 83.6 Å². The van der Waals surface area contributed by atoms with Crippen molar-refractivity contribution < 1.29 is 14.7 Å². The van der Waals surface area contributed by atoms with Crippen molar-refractivity contribution in [3.8, 4) is 0 Å². The van der Waals surface area contributed by atoms with Crippen LogP contribution in [0, 0.1) is 6.92 Å². The largest absolute Gasteiger partial charge is 0.480 e. The summed E-state index contributed by atoms with van der Waals surface area (Å²) in [6, 6.07) is 4.32. The Morgan fingerprint density at radius 2 is 2.17 bits per heavy atom. The predicted molar refractivity (Wildman–Crippen MR) is 67.3 cm³/mol. The molecule has 0 bridgehead atoms. The molecule has 0 saturated carbocycles. The number of nitrogens with two attached hydrogens (primary N) is 1. The van der Waals surface area contributed by atoms with Gasteiger partial charge in [-0.15, -0.1) is 0 Å². The molecule has 1 atom stereocenters. The fraction of sp³-hybridized carbons (Fsp3) is 0.385. The SMILES string of the molecule is Cc1cc(C(=O)N2CCCC2C(=O)O)ccc1N. The summed E-state index contributed by atoms with van der Waals surface area (Å²) in [5.41, 5.74) is 7.65. The minimum atomic E-state index is -0.937. The van der Waals surface area contributed by atoms with Crippen molar-refractivity contribution in [2.24, 2.45) is 0 Å². The van der Waals surface area contributed by atoms with Crippen LogP contribution in [-0.4, -0.2) is 34.5 Å². The lowest BCUT2D eigenvalue weighted by molar-refractivity contribution is -0.141. The number of aliphatic carboxylic acids is 1. The van der Waals surface area contributed by atoms with Crippen molar-refractivity contribution in [1.29, 1.82) is 0 Å². The number of amides is 1. The van der Waals surface area contributed by atoms with Crippen LogP contribution in [0.2, 0.25) is 0 Å². The standard InChI is InChI=1S/C13H16N2O3/c1-8-7-9(4-5-10(8)14)12(16)15-6-2-3-11(15)13(17)18/h4-5,7,11H,2-3,6,14H2,1H3,(H,17,18). The van der Waals surface area contributed by atoms with E-state index in [2.05, 4.69) is 0 Å². The lowest BCUT2D eigenvalue weighted by atomic mass is 10.1. The Kier molecular flexibility index (Phi) is 3.23. The second kappa shape index (κ2) is 4.68. The van der Waals surface area contributed by atoms with Crippen molar-refractivity contribution in [2.45, 2.75) is 25.8 Å². The second-order valence-corrected chi connectivity index (χ2v) is 4.57. The van der Waals surface area contributed by atoms with Gasteiger partial charge in [0.2, 0.25) is 0 Å². The number of carboxylic acids is 1. The second-order valence-electron chi connectivity index (χ2n) is 4.57. The molecule has 5 heteroatoms. The van der Waals surface area contributed by atoms with Gasteiger partial charge in [-0.25, -0.2) is 4.79 Å². The first-order valence-corrected chi connectivity index (χ1v) is 5.90. The number of anilines is 1. The molecule has 1 amide bonds. The first-order valence-electron chi connectivity index (χ1n) is 5.90. The lowest BCUT2D eigenvalue weighted by Crippen LogP contribution is -2.40. The van der Waals surface area contributed by atoms with Gasteiger partial charge in [-0.2, -0.15) is 0 Å². The first-order chi connectivity index (χ1) is 8.50. The maximum Gasteiger partial charge on any atom is 0.326 e. The van der Waals surface area contributed by atoms with Crippen LogP contribution in [0.3, 0.4) is 0 Å². The summed E-state index contributed by atoms with van der Waals surface area (Å²) in [6.07, 6.45) is 1.26. The van der Waals surface area contributed by atoms with Gasteiger partial charge in [0, 0.05) is 17.8 Å². The van der Waals surface area contributed by atoms with E-state index in [0.717, 1.165) is 12.0 Å². The third-order valence-electron chi connectivity index (χ3n) is 3.32. The predicted octanol–water partition coefficient (Wildman–Crippen LogP) is 1.27. The quantitative estimate of drug-likeness (QED) is 0.772. The highest BCUT2D eigenvalue weighted by Crippen LogP contribution is 2.22. The molecule has 96 valence electrons. The summed E-state index contributed by atoms with van der Waals surface area (Å²) in [7, 11) is 0. The van der Waals surface area contributed by atoms with Gasteiger partial charge in [-0.05, 0) is 43.5 Å². The number of aryl methyl sites for hydroxylation is 1. The zero-order chi connectivity index (χ0) is 13.3. The minimum absolute atomic E-state index is 0.233. The Morgan fingerprint density at radius 3 is 2.78 bits per heavy atom. The number of hydrogen-bond acceptors (Lipinski definition) is 3. The Morgan fingerprint density at radius 1 is 1.44 bits per heavy atom. The molecule has 1 fully saturated rings. The molecule has 1 aromatic carbocycles. The van der Waals surface area contributed by atoms with Crippen molar-refractivity contribution in [3.63, 3.8) is 0 Å². The van der Waals surface area contributed by atoms with E-state index in [1.165, 1.54) is 4.90 Å². The molecule has 18 heavy (non-hydrogen) atoms. The molecule has 1 unspecified atom stereocenters. The average molecular weight is 248 g/mol. The molecule has 0 radical (unpaired) electrons. The van der Waals surface area contributed by atoms with Crippen LogP contribution in [0.25, 0.3) is 0 Å². The number of hydrogen-bond donors (Lipinski definition) is 2. The summed E-state index contributed by atoms with van der Waals surface area (Å²) in [6.45, 7) is 2.32. The van der Waals surface area contributed by atoms with Crippen molar-refractivity contribution in [1.82, 2.24) is 4.90 Å². The van der Waals surface area contributed by atoms with Crippen LogP contribution in [0.4, 0.5) is 5.69 Å². The molecular formula is C13H16N2O3. The molecule has 1 aliphatic heterocycles. The van der Waals surface area contributed by atoms with E-state index in [1.807, 2.05) is 6.92 Å². The minimum Gasteiger partial charge on any atom is -0.480 e. The van der Waals surface area contributed by atoms with Crippen LogP contribution in [0.5, 0.6) is 0 Å². The van der Waals surface area contributed by atoms with E-state index in [4.69, 9.17) is 10.8 Å². The number of rotatable bonds is 2. The van der Waals surface area contributed by atoms with Crippen molar-refractivity contribution in [2.75, 3.05) is 12.3 Å². The van der Waals surface area contributed by atoms with Gasteiger partial charge < -0.3 is 15.7 Å². The van der Waals surface area contributed by atoms with Gasteiger partial charge in [0.25, 0.3) is 5.91 Å². The summed E-state index contributed by atoms with van der Waals surface area (Å²) >= 11 is 0. The van der Waals surface area contributed by atoms with Crippen LogP contribution < -0.4 is 5.73 Å². The molecule has 1 aromatic rings. The van der Waals surface area contributed by atoms with Crippen LogP contribution in [0.15, 0.2) is 18.2 Å². The number of nitrogens with zero attached hydrogens (tertiary/aromatic N) is 1. The lowest BCUT2D eigenvalue weighted by Gasteiger charge is -2.21. The Balaban J connectivity index is 2.25. The summed E-state index contributed by atoms with van der Waals surface area (Å²) in [4.78, 5) is 24.7. The zero-order valence-corrected chi connectivity index (χ0v) is 10.2. The van der Waals surface area contributed by atoms with E-state index in [1.54, 1.807) is 18.2 Å². The fourth-order valence-corrected chi connectivity index (χ4v) is 2.24. The highest BCUT2D eigenvalue weighted by Gasteiger charge is 2.34. The Labute approximate surface area is 105 Å².